The summed E-state index contributed by atoms with van der Waals surface area (Å²) in [4.78, 5) is 2.04. The molecule has 1 aromatic rings. The van der Waals surface area contributed by atoms with Crippen LogP contribution in [0.4, 0.5) is 5.69 Å². The van der Waals surface area contributed by atoms with E-state index >= 15 is 0 Å². The highest BCUT2D eigenvalue weighted by Gasteiger charge is 2.10. The van der Waals surface area contributed by atoms with Gasteiger partial charge in [0.2, 0.25) is 0 Å². The van der Waals surface area contributed by atoms with E-state index in [0.29, 0.717) is 17.1 Å². The van der Waals surface area contributed by atoms with Gasteiger partial charge in [0, 0.05) is 25.4 Å². The molecule has 0 N–H and O–H groups in total. The minimum Gasteiger partial charge on any atom is -0.462 e. The monoisotopic (exact) mass is 303 g/mol. The average molecular weight is 303 g/mol. The van der Waals surface area contributed by atoms with E-state index in [9.17, 15) is 0 Å². The van der Waals surface area contributed by atoms with Crippen LogP contribution in [-0.2, 0) is 4.74 Å². The normalized spacial score (nSPS) is 13.5. The maximum atomic E-state index is 8.99. The Balaban J connectivity index is 2.30. The van der Waals surface area contributed by atoms with Crippen molar-refractivity contribution >= 4 is 11.8 Å². The highest BCUT2D eigenvalue weighted by Crippen LogP contribution is 2.23. The summed E-state index contributed by atoms with van der Waals surface area (Å²) in [6, 6.07) is 11.9. The third kappa shape index (κ3) is 4.12. The minimum atomic E-state index is 0.0770. The second-order valence-electron chi connectivity index (χ2n) is 5.28. The van der Waals surface area contributed by atoms with Crippen molar-refractivity contribution in [2.45, 2.75) is 6.92 Å². The quantitative estimate of drug-likeness (QED) is 0.794. The molecule has 0 saturated carbocycles. The van der Waals surface area contributed by atoms with Gasteiger partial charge in [-0.3, -0.25) is 0 Å². The molecular weight excluding hydrogens is 286 g/mol. The minimum absolute atomic E-state index is 0.0770. The van der Waals surface area contributed by atoms with Gasteiger partial charge in [-0.2, -0.15) is 10.5 Å². The van der Waals surface area contributed by atoms with Gasteiger partial charge in [0.15, 0.2) is 0 Å². The summed E-state index contributed by atoms with van der Waals surface area (Å²) in [5.74, 6) is 1.24. The summed E-state index contributed by atoms with van der Waals surface area (Å²) >= 11 is 0. The highest BCUT2D eigenvalue weighted by atomic mass is 16.5. The fraction of sp³-hybridized carbons (Fsp3) is 0.158. The average Bonchev–Trinajstić information content (AvgIpc) is 2.54. The third-order valence-corrected chi connectivity index (χ3v) is 3.27. The summed E-state index contributed by atoms with van der Waals surface area (Å²) in [6.45, 7) is 1.79. The molecule has 0 aliphatic carbocycles. The van der Waals surface area contributed by atoms with Crippen LogP contribution in [0.1, 0.15) is 12.5 Å². The SMILES string of the molecule is CC1=CC(=C(C#N)C#N)C=C(C=Cc2cccc(N(C)C)c2)O1. The van der Waals surface area contributed by atoms with Gasteiger partial charge in [-0.15, -0.1) is 0 Å². The largest absolute Gasteiger partial charge is 0.462 e. The number of rotatable bonds is 3. The molecule has 0 saturated heterocycles. The maximum absolute atomic E-state index is 8.99. The molecule has 0 radical (unpaired) electrons. The summed E-state index contributed by atoms with van der Waals surface area (Å²) < 4.78 is 5.63. The van der Waals surface area contributed by atoms with E-state index in [2.05, 4.69) is 6.07 Å². The van der Waals surface area contributed by atoms with Crippen molar-refractivity contribution in [2.24, 2.45) is 0 Å². The van der Waals surface area contributed by atoms with Crippen LogP contribution in [-0.4, -0.2) is 14.1 Å². The molecule has 0 unspecified atom stereocenters. The van der Waals surface area contributed by atoms with Crippen LogP contribution in [0.2, 0.25) is 0 Å². The van der Waals surface area contributed by atoms with Crippen LogP contribution < -0.4 is 4.90 Å². The van der Waals surface area contributed by atoms with Gasteiger partial charge in [-0.1, -0.05) is 18.2 Å². The van der Waals surface area contributed by atoms with E-state index in [-0.39, 0.29) is 5.57 Å². The predicted octanol–water partition coefficient (Wildman–Crippen LogP) is 3.93. The Kier molecular flexibility index (Phi) is 5.02. The summed E-state index contributed by atoms with van der Waals surface area (Å²) in [6.07, 6.45) is 7.15. The predicted molar refractivity (Wildman–Crippen MR) is 91.0 cm³/mol. The molecule has 0 amide bonds. The Labute approximate surface area is 136 Å². The molecule has 1 aromatic carbocycles. The molecule has 0 aromatic heterocycles. The van der Waals surface area contributed by atoms with Gasteiger partial charge in [0.25, 0.3) is 0 Å². The summed E-state index contributed by atoms with van der Waals surface area (Å²) in [5.41, 5.74) is 2.80. The molecule has 1 heterocycles. The topological polar surface area (TPSA) is 60.0 Å². The number of nitriles is 2. The maximum Gasteiger partial charge on any atom is 0.137 e. The highest BCUT2D eigenvalue weighted by molar-refractivity contribution is 5.61. The number of ether oxygens (including phenoxy) is 1. The fourth-order valence-corrected chi connectivity index (χ4v) is 2.12. The lowest BCUT2D eigenvalue weighted by Crippen LogP contribution is -2.08. The number of allylic oxidation sites excluding steroid dienone is 6. The van der Waals surface area contributed by atoms with Crippen molar-refractivity contribution in [3.05, 3.63) is 70.7 Å². The third-order valence-electron chi connectivity index (χ3n) is 3.27. The van der Waals surface area contributed by atoms with Gasteiger partial charge < -0.3 is 9.64 Å². The first-order valence-corrected chi connectivity index (χ1v) is 7.11. The van der Waals surface area contributed by atoms with Crippen LogP contribution in [0, 0.1) is 22.7 Å². The fourth-order valence-electron chi connectivity index (χ4n) is 2.12. The summed E-state index contributed by atoms with van der Waals surface area (Å²) in [7, 11) is 3.98. The Hall–Kier alpha value is -3.24. The Bertz CT molecular complexity index is 796. The van der Waals surface area contributed by atoms with E-state index in [4.69, 9.17) is 15.3 Å². The number of benzene rings is 1. The smallest absolute Gasteiger partial charge is 0.137 e. The first-order chi connectivity index (χ1) is 11.0. The lowest BCUT2D eigenvalue weighted by Gasteiger charge is -2.14. The van der Waals surface area contributed by atoms with E-state index in [1.165, 1.54) is 0 Å². The van der Waals surface area contributed by atoms with Crippen LogP contribution in [0.3, 0.4) is 0 Å². The molecule has 0 bridgehead atoms. The van der Waals surface area contributed by atoms with Crippen LogP contribution in [0.15, 0.2) is 65.2 Å². The second-order valence-corrected chi connectivity index (χ2v) is 5.28. The molecule has 23 heavy (non-hydrogen) atoms. The molecule has 0 fully saturated rings. The van der Waals surface area contributed by atoms with Crippen LogP contribution in [0.5, 0.6) is 0 Å². The first kappa shape index (κ1) is 16.1. The van der Waals surface area contributed by atoms with Gasteiger partial charge in [0.1, 0.15) is 29.2 Å². The molecule has 1 aliphatic heterocycles. The van der Waals surface area contributed by atoms with Crippen molar-refractivity contribution < 1.29 is 4.74 Å². The molecule has 2 rings (SSSR count). The second kappa shape index (κ2) is 7.15. The van der Waals surface area contributed by atoms with Crippen molar-refractivity contribution in [2.75, 3.05) is 19.0 Å². The molecule has 4 heteroatoms. The zero-order valence-corrected chi connectivity index (χ0v) is 13.4. The van der Waals surface area contributed by atoms with E-state index in [1.807, 2.05) is 61.5 Å². The van der Waals surface area contributed by atoms with Gasteiger partial charge in [-0.25, -0.2) is 0 Å². The molecular formula is C19H17N3O. The molecule has 0 spiro atoms. The van der Waals surface area contributed by atoms with E-state index < -0.39 is 0 Å². The first-order valence-electron chi connectivity index (χ1n) is 7.11. The van der Waals surface area contributed by atoms with Crippen LogP contribution >= 0.6 is 0 Å². The molecule has 1 aliphatic rings. The van der Waals surface area contributed by atoms with Crippen LogP contribution in [0.25, 0.3) is 6.08 Å². The van der Waals surface area contributed by atoms with Crippen molar-refractivity contribution in [1.29, 1.82) is 10.5 Å². The standard InChI is InChI=1S/C19H17N3O/c1-14-9-16(17(12-20)13-21)11-19(23-14)8-7-15-5-4-6-18(10-15)22(2)3/h4-11H,1-3H3. The number of hydrogen-bond acceptors (Lipinski definition) is 4. The van der Waals surface area contributed by atoms with Crippen molar-refractivity contribution in [1.82, 2.24) is 0 Å². The lowest BCUT2D eigenvalue weighted by molar-refractivity contribution is 0.318. The zero-order valence-electron chi connectivity index (χ0n) is 13.4. The number of nitrogens with zero attached hydrogens (tertiary/aromatic N) is 3. The van der Waals surface area contributed by atoms with Gasteiger partial charge in [0.05, 0.1) is 0 Å². The van der Waals surface area contributed by atoms with E-state index in [1.54, 1.807) is 19.1 Å². The van der Waals surface area contributed by atoms with E-state index in [0.717, 1.165) is 11.3 Å². The van der Waals surface area contributed by atoms with Crippen molar-refractivity contribution in [3.8, 4) is 12.1 Å². The Morgan fingerprint density at radius 2 is 1.87 bits per heavy atom. The number of anilines is 1. The van der Waals surface area contributed by atoms with Crippen molar-refractivity contribution in [3.63, 3.8) is 0 Å². The molecule has 0 atom stereocenters. The Morgan fingerprint density at radius 3 is 2.52 bits per heavy atom. The zero-order chi connectivity index (χ0) is 16.8. The molecule has 114 valence electrons. The lowest BCUT2D eigenvalue weighted by atomic mass is 10.1. The van der Waals surface area contributed by atoms with Gasteiger partial charge >= 0.3 is 0 Å². The van der Waals surface area contributed by atoms with Gasteiger partial charge in [-0.05, 0) is 42.8 Å². The Morgan fingerprint density at radius 1 is 1.13 bits per heavy atom. The number of hydrogen-bond donors (Lipinski definition) is 0. The summed E-state index contributed by atoms with van der Waals surface area (Å²) in [5, 5.41) is 18.0. The molecule has 4 nitrogen and oxygen atoms in total.